The molecule has 0 amide bonds. The molecule has 0 N–H and O–H groups in total. The minimum absolute atomic E-state index is 0.188. The second kappa shape index (κ2) is 7.25. The number of hydrogen-bond donors (Lipinski definition) is 0. The van der Waals surface area contributed by atoms with Crippen LogP contribution in [0.2, 0.25) is 0 Å². The van der Waals surface area contributed by atoms with Crippen molar-refractivity contribution in [2.75, 3.05) is 0 Å². The second-order valence-corrected chi connectivity index (χ2v) is 7.14. The summed E-state index contributed by atoms with van der Waals surface area (Å²) in [4.78, 5) is 12.7. The van der Waals surface area contributed by atoms with Gasteiger partial charge in [0.15, 0.2) is 5.78 Å². The van der Waals surface area contributed by atoms with Gasteiger partial charge in [-0.2, -0.15) is 5.10 Å². The molecule has 0 fully saturated rings. The molecule has 0 atom stereocenters. The topological polar surface area (TPSA) is 78.5 Å². The smallest absolute Gasteiger partial charge is 0.187 e. The molecule has 0 radical (unpaired) electrons. The van der Waals surface area contributed by atoms with Crippen LogP contribution in [0.1, 0.15) is 28.0 Å². The van der Waals surface area contributed by atoms with Gasteiger partial charge in [-0.3, -0.25) is 9.48 Å². The van der Waals surface area contributed by atoms with Gasteiger partial charge in [0.05, 0.1) is 11.4 Å². The van der Waals surface area contributed by atoms with E-state index in [0.717, 1.165) is 47.5 Å². The average Bonchev–Trinajstić information content (AvgIpc) is 3.39. The van der Waals surface area contributed by atoms with Crippen molar-refractivity contribution in [1.29, 1.82) is 0 Å². The van der Waals surface area contributed by atoms with Crippen molar-refractivity contribution in [1.82, 2.24) is 30.0 Å². The van der Waals surface area contributed by atoms with E-state index in [4.69, 9.17) is 0 Å². The van der Waals surface area contributed by atoms with Crippen LogP contribution in [0.4, 0.5) is 8.78 Å². The number of halogens is 2. The molecule has 2 aromatic carbocycles. The number of benzene rings is 2. The summed E-state index contributed by atoms with van der Waals surface area (Å²) in [7, 11) is 0. The second-order valence-electron chi connectivity index (χ2n) is 7.14. The first-order chi connectivity index (χ1) is 14.6. The molecule has 0 unspecified atom stereocenters. The van der Waals surface area contributed by atoms with E-state index in [1.54, 1.807) is 15.4 Å². The maximum absolute atomic E-state index is 13.9. The Bertz CT molecular complexity index is 1230. The average molecular weight is 406 g/mol. The number of carbonyl (C=O) groups is 1. The number of aryl methyl sites for hydroxylation is 2. The van der Waals surface area contributed by atoms with Crippen LogP contribution >= 0.6 is 0 Å². The van der Waals surface area contributed by atoms with Gasteiger partial charge < -0.3 is 0 Å². The fraction of sp³-hybridized carbons (Fsp3) is 0.190. The number of fused-ring (bicyclic) bond motifs is 3. The van der Waals surface area contributed by atoms with Crippen molar-refractivity contribution in [3.8, 4) is 16.9 Å². The highest BCUT2D eigenvalue weighted by atomic mass is 19.1. The van der Waals surface area contributed by atoms with Gasteiger partial charge in [0, 0.05) is 24.1 Å². The van der Waals surface area contributed by atoms with Gasteiger partial charge >= 0.3 is 0 Å². The molecule has 1 aliphatic heterocycles. The summed E-state index contributed by atoms with van der Waals surface area (Å²) < 4.78 is 31.2. The molecule has 9 heteroatoms. The molecule has 5 rings (SSSR count). The van der Waals surface area contributed by atoms with E-state index in [1.165, 1.54) is 12.4 Å². The van der Waals surface area contributed by atoms with Crippen molar-refractivity contribution in [3.63, 3.8) is 0 Å². The van der Waals surface area contributed by atoms with Gasteiger partial charge in [0.25, 0.3) is 0 Å². The highest BCUT2D eigenvalue weighted by Gasteiger charge is 2.22. The molecule has 0 bridgehead atoms. The summed E-state index contributed by atoms with van der Waals surface area (Å²) in [6.45, 7) is 0.644. The maximum Gasteiger partial charge on any atom is 0.187 e. The molecule has 150 valence electrons. The van der Waals surface area contributed by atoms with E-state index in [9.17, 15) is 13.6 Å². The Hall–Kier alpha value is -3.75. The Labute approximate surface area is 170 Å². The molecule has 30 heavy (non-hydrogen) atoms. The Morgan fingerprint density at radius 2 is 1.93 bits per heavy atom. The first-order valence-corrected chi connectivity index (χ1v) is 9.51. The molecule has 2 aromatic heterocycles. The summed E-state index contributed by atoms with van der Waals surface area (Å²) >= 11 is 0. The number of hydrogen-bond acceptors (Lipinski definition) is 5. The SMILES string of the molecule is O=C(Cc1c(F)cccc1F)c1cc2n(n1)CCCc1ccc(-n3cnnn3)cc1-2. The van der Waals surface area contributed by atoms with Crippen LogP contribution in [0, 0.1) is 11.6 Å². The first-order valence-electron chi connectivity index (χ1n) is 9.51. The van der Waals surface area contributed by atoms with Crippen LogP contribution in [0.5, 0.6) is 0 Å². The highest BCUT2D eigenvalue weighted by Crippen LogP contribution is 2.31. The summed E-state index contributed by atoms with van der Waals surface area (Å²) in [6.07, 6.45) is 2.86. The van der Waals surface area contributed by atoms with E-state index in [-0.39, 0.29) is 17.7 Å². The van der Waals surface area contributed by atoms with E-state index in [1.807, 2.05) is 18.2 Å². The fourth-order valence-electron chi connectivity index (χ4n) is 3.75. The van der Waals surface area contributed by atoms with E-state index in [0.29, 0.717) is 6.54 Å². The Morgan fingerprint density at radius 3 is 2.70 bits per heavy atom. The van der Waals surface area contributed by atoms with Crippen LogP contribution in [-0.2, 0) is 19.4 Å². The zero-order chi connectivity index (χ0) is 20.7. The third kappa shape index (κ3) is 3.18. The van der Waals surface area contributed by atoms with E-state index >= 15 is 0 Å². The number of Topliss-reactive ketones (excluding diaryl/α,β-unsaturated/α-hetero) is 1. The normalized spacial score (nSPS) is 12.9. The minimum Gasteiger partial charge on any atom is -0.292 e. The maximum atomic E-state index is 13.9. The van der Waals surface area contributed by atoms with E-state index < -0.39 is 17.4 Å². The third-order valence-corrected chi connectivity index (χ3v) is 5.26. The molecule has 0 aliphatic carbocycles. The highest BCUT2D eigenvalue weighted by molar-refractivity contribution is 5.97. The molecule has 1 aliphatic rings. The van der Waals surface area contributed by atoms with Crippen LogP contribution in [-0.4, -0.2) is 35.8 Å². The van der Waals surface area contributed by atoms with Gasteiger partial charge in [-0.25, -0.2) is 13.5 Å². The number of aromatic nitrogens is 6. The standard InChI is InChI=1S/C21H16F2N6O/c22-17-4-1-5-18(23)16(17)10-21(30)19-11-20-15-9-14(29-12-24-26-27-29)7-6-13(15)3-2-8-28(20)25-19/h1,4-7,9,11-12H,2-3,8,10H2. The lowest BCUT2D eigenvalue weighted by molar-refractivity contribution is 0.0985. The molecule has 7 nitrogen and oxygen atoms in total. The monoisotopic (exact) mass is 406 g/mol. The molecule has 0 saturated heterocycles. The lowest BCUT2D eigenvalue weighted by Crippen LogP contribution is -2.09. The Kier molecular flexibility index (Phi) is 4.42. The predicted octanol–water partition coefficient (Wildman–Crippen LogP) is 3.18. The first kappa shape index (κ1) is 18.3. The third-order valence-electron chi connectivity index (χ3n) is 5.26. The summed E-state index contributed by atoms with van der Waals surface area (Å²) in [5.41, 5.74) is 3.58. The molecule has 3 heterocycles. The Morgan fingerprint density at radius 1 is 1.10 bits per heavy atom. The zero-order valence-electron chi connectivity index (χ0n) is 15.8. The molecule has 0 spiro atoms. The zero-order valence-corrected chi connectivity index (χ0v) is 15.8. The largest absolute Gasteiger partial charge is 0.292 e. The van der Waals surface area contributed by atoms with Gasteiger partial charge in [-0.15, -0.1) is 5.10 Å². The van der Waals surface area contributed by atoms with Crippen LogP contribution in [0.25, 0.3) is 16.9 Å². The van der Waals surface area contributed by atoms with Gasteiger partial charge in [0.1, 0.15) is 23.7 Å². The Balaban J connectivity index is 1.53. The van der Waals surface area contributed by atoms with Crippen molar-refractivity contribution in [2.24, 2.45) is 0 Å². The predicted molar refractivity (Wildman–Crippen MR) is 103 cm³/mol. The molecule has 0 saturated carbocycles. The molecular formula is C21H16F2N6O. The number of tetrazole rings is 1. The van der Waals surface area contributed by atoms with Crippen LogP contribution in [0.3, 0.4) is 0 Å². The fourth-order valence-corrected chi connectivity index (χ4v) is 3.75. The van der Waals surface area contributed by atoms with Crippen molar-refractivity contribution < 1.29 is 13.6 Å². The molecule has 4 aromatic rings. The summed E-state index contributed by atoms with van der Waals surface area (Å²) in [6, 6.07) is 11.2. The number of ketones is 1. The van der Waals surface area contributed by atoms with Gasteiger partial charge in [-0.1, -0.05) is 12.1 Å². The lowest BCUT2D eigenvalue weighted by atomic mass is 10.00. The van der Waals surface area contributed by atoms with Crippen molar-refractivity contribution in [3.05, 3.63) is 77.2 Å². The van der Waals surface area contributed by atoms with Gasteiger partial charge in [0.2, 0.25) is 0 Å². The van der Waals surface area contributed by atoms with Gasteiger partial charge in [-0.05, 0) is 59.2 Å². The quantitative estimate of drug-likeness (QED) is 0.487. The minimum atomic E-state index is -0.736. The van der Waals surface area contributed by atoms with E-state index in [2.05, 4.69) is 20.6 Å². The number of nitrogens with zero attached hydrogens (tertiary/aromatic N) is 6. The summed E-state index contributed by atoms with van der Waals surface area (Å²) in [5.74, 6) is -1.90. The molecular weight excluding hydrogens is 390 g/mol. The van der Waals surface area contributed by atoms with Crippen molar-refractivity contribution in [2.45, 2.75) is 25.8 Å². The lowest BCUT2D eigenvalue weighted by Gasteiger charge is -2.08. The number of rotatable bonds is 4. The summed E-state index contributed by atoms with van der Waals surface area (Å²) in [5, 5.41) is 15.7. The van der Waals surface area contributed by atoms with Crippen molar-refractivity contribution >= 4 is 5.78 Å². The number of carbonyl (C=O) groups excluding carboxylic acids is 1. The van der Waals surface area contributed by atoms with Crippen LogP contribution in [0.15, 0.2) is 48.8 Å². The van der Waals surface area contributed by atoms with Crippen LogP contribution < -0.4 is 0 Å².